The fourth-order valence-corrected chi connectivity index (χ4v) is 2.69. The number of benzene rings is 2. The second-order valence-electron chi connectivity index (χ2n) is 6.11. The first kappa shape index (κ1) is 17.8. The van der Waals surface area contributed by atoms with Crippen LogP contribution in [0.25, 0.3) is 0 Å². The van der Waals surface area contributed by atoms with Crippen molar-refractivity contribution in [2.24, 2.45) is 0 Å². The number of hydrogen-bond acceptors (Lipinski definition) is 3. The minimum atomic E-state index is -0.385. The van der Waals surface area contributed by atoms with Crippen LogP contribution in [0.15, 0.2) is 73.1 Å². The number of Topliss-reactive ketones (excluding diaryl/α,β-unsaturated/α-hetero) is 1. The van der Waals surface area contributed by atoms with Gasteiger partial charge in [-0.25, -0.2) is 4.39 Å². The summed E-state index contributed by atoms with van der Waals surface area (Å²) in [5.74, 6) is 0.633. The van der Waals surface area contributed by atoms with Gasteiger partial charge < -0.3 is 4.74 Å². The summed E-state index contributed by atoms with van der Waals surface area (Å²) in [6.07, 6.45) is 6.02. The molecule has 0 aliphatic carbocycles. The minimum absolute atomic E-state index is 0.209. The molecule has 3 nitrogen and oxygen atoms in total. The van der Waals surface area contributed by atoms with E-state index in [1.54, 1.807) is 30.6 Å². The normalized spacial score (nSPS) is 10.5. The lowest BCUT2D eigenvalue weighted by atomic mass is 10.0. The topological polar surface area (TPSA) is 39.2 Å². The van der Waals surface area contributed by atoms with E-state index in [4.69, 9.17) is 4.74 Å². The molecule has 0 bridgehead atoms. The second-order valence-corrected chi connectivity index (χ2v) is 6.11. The Bertz CT molecular complexity index is 848. The highest BCUT2D eigenvalue weighted by Crippen LogP contribution is 2.24. The van der Waals surface area contributed by atoms with Crippen molar-refractivity contribution in [1.29, 1.82) is 0 Å². The molecule has 0 amide bonds. The third-order valence-electron chi connectivity index (χ3n) is 4.03. The highest BCUT2D eigenvalue weighted by molar-refractivity contribution is 5.80. The maximum absolute atomic E-state index is 13.6. The lowest BCUT2D eigenvalue weighted by Gasteiger charge is -2.07. The Kier molecular flexibility index (Phi) is 6.09. The van der Waals surface area contributed by atoms with E-state index in [1.807, 2.05) is 36.4 Å². The Morgan fingerprint density at radius 1 is 0.962 bits per heavy atom. The summed E-state index contributed by atoms with van der Waals surface area (Å²) >= 11 is 0. The van der Waals surface area contributed by atoms with Crippen molar-refractivity contribution in [3.8, 4) is 11.5 Å². The lowest BCUT2D eigenvalue weighted by molar-refractivity contribution is -0.118. The Morgan fingerprint density at radius 3 is 2.50 bits per heavy atom. The quantitative estimate of drug-likeness (QED) is 0.565. The van der Waals surface area contributed by atoms with Crippen molar-refractivity contribution < 1.29 is 13.9 Å². The molecule has 0 aliphatic heterocycles. The molecule has 2 aromatic carbocycles. The Morgan fingerprint density at radius 2 is 1.77 bits per heavy atom. The van der Waals surface area contributed by atoms with Crippen molar-refractivity contribution in [1.82, 2.24) is 4.98 Å². The van der Waals surface area contributed by atoms with Gasteiger partial charge in [-0.3, -0.25) is 9.78 Å². The number of carbonyl (C=O) groups excluding carboxylic acids is 1. The van der Waals surface area contributed by atoms with Gasteiger partial charge in [0.05, 0.1) is 0 Å². The SMILES string of the molecule is O=C(CCCc1ccc(Oc2ccccc2F)cc1)Cc1cccnc1. The van der Waals surface area contributed by atoms with Crippen LogP contribution in [0, 0.1) is 5.82 Å². The molecule has 0 fully saturated rings. The Balaban J connectivity index is 1.46. The second kappa shape index (κ2) is 8.90. The predicted molar refractivity (Wildman–Crippen MR) is 98.8 cm³/mol. The summed E-state index contributed by atoms with van der Waals surface area (Å²) in [4.78, 5) is 16.0. The number of aryl methyl sites for hydroxylation is 1. The molecule has 132 valence electrons. The largest absolute Gasteiger partial charge is 0.454 e. The number of pyridine rings is 1. The van der Waals surface area contributed by atoms with E-state index in [9.17, 15) is 9.18 Å². The van der Waals surface area contributed by atoms with Crippen LogP contribution >= 0.6 is 0 Å². The average Bonchev–Trinajstić information content (AvgIpc) is 2.66. The van der Waals surface area contributed by atoms with Crippen molar-refractivity contribution in [2.75, 3.05) is 0 Å². The van der Waals surface area contributed by atoms with Crippen molar-refractivity contribution in [3.05, 3.63) is 90.0 Å². The van der Waals surface area contributed by atoms with Gasteiger partial charge in [0.25, 0.3) is 0 Å². The first-order valence-corrected chi connectivity index (χ1v) is 8.62. The van der Waals surface area contributed by atoms with Crippen LogP contribution in [-0.2, 0) is 17.6 Å². The van der Waals surface area contributed by atoms with E-state index in [0.717, 1.165) is 24.0 Å². The summed E-state index contributed by atoms with van der Waals surface area (Å²) in [5, 5.41) is 0. The molecule has 1 aromatic heterocycles. The summed E-state index contributed by atoms with van der Waals surface area (Å²) < 4.78 is 19.1. The van der Waals surface area contributed by atoms with Crippen LogP contribution in [0.4, 0.5) is 4.39 Å². The zero-order valence-corrected chi connectivity index (χ0v) is 14.4. The number of nitrogens with zero attached hydrogens (tertiary/aromatic N) is 1. The molecule has 0 spiro atoms. The van der Waals surface area contributed by atoms with Crippen LogP contribution in [0.5, 0.6) is 11.5 Å². The van der Waals surface area contributed by atoms with E-state index in [-0.39, 0.29) is 17.3 Å². The molecule has 0 atom stereocenters. The first-order chi connectivity index (χ1) is 12.7. The van der Waals surface area contributed by atoms with E-state index in [2.05, 4.69) is 4.98 Å². The standard InChI is InChI=1S/C22H20FNO2/c23-21-8-1-2-9-22(21)26-20-12-10-17(11-13-20)5-3-7-19(25)15-18-6-4-14-24-16-18/h1-2,4,6,8-14,16H,3,5,7,15H2. The van der Waals surface area contributed by atoms with Gasteiger partial charge in [0.2, 0.25) is 0 Å². The van der Waals surface area contributed by atoms with Gasteiger partial charge in [-0.15, -0.1) is 0 Å². The zero-order chi connectivity index (χ0) is 18.2. The van der Waals surface area contributed by atoms with Gasteiger partial charge in [-0.1, -0.05) is 30.3 Å². The number of para-hydroxylation sites is 1. The van der Waals surface area contributed by atoms with Crippen LogP contribution < -0.4 is 4.74 Å². The number of aromatic nitrogens is 1. The van der Waals surface area contributed by atoms with Crippen LogP contribution in [-0.4, -0.2) is 10.8 Å². The van der Waals surface area contributed by atoms with Crippen molar-refractivity contribution >= 4 is 5.78 Å². The fraction of sp³-hybridized carbons (Fsp3) is 0.182. The van der Waals surface area contributed by atoms with Gasteiger partial charge in [0.1, 0.15) is 11.5 Å². The molecule has 0 aliphatic rings. The Hall–Kier alpha value is -3.01. The fourth-order valence-electron chi connectivity index (χ4n) is 2.69. The monoisotopic (exact) mass is 349 g/mol. The molecule has 3 aromatic rings. The molecular weight excluding hydrogens is 329 g/mol. The number of carbonyl (C=O) groups is 1. The molecule has 4 heteroatoms. The smallest absolute Gasteiger partial charge is 0.165 e. The third kappa shape index (κ3) is 5.24. The molecule has 0 radical (unpaired) electrons. The van der Waals surface area contributed by atoms with Gasteiger partial charge in [-0.05, 0) is 54.3 Å². The number of ketones is 1. The number of hydrogen-bond donors (Lipinski definition) is 0. The van der Waals surface area contributed by atoms with Gasteiger partial charge in [-0.2, -0.15) is 0 Å². The number of ether oxygens (including phenoxy) is 1. The van der Waals surface area contributed by atoms with E-state index < -0.39 is 0 Å². The Labute approximate surface area is 152 Å². The van der Waals surface area contributed by atoms with Crippen molar-refractivity contribution in [2.45, 2.75) is 25.7 Å². The molecule has 0 saturated heterocycles. The van der Waals surface area contributed by atoms with Crippen LogP contribution in [0.2, 0.25) is 0 Å². The molecule has 0 N–H and O–H groups in total. The number of halogens is 1. The maximum atomic E-state index is 13.6. The number of rotatable bonds is 8. The predicted octanol–water partition coefficient (Wildman–Crippen LogP) is 5.15. The maximum Gasteiger partial charge on any atom is 0.165 e. The zero-order valence-electron chi connectivity index (χ0n) is 14.4. The molecule has 0 saturated carbocycles. The highest BCUT2D eigenvalue weighted by Gasteiger charge is 2.06. The summed E-state index contributed by atoms with van der Waals surface area (Å²) in [6.45, 7) is 0. The molecule has 26 heavy (non-hydrogen) atoms. The van der Waals surface area contributed by atoms with E-state index in [0.29, 0.717) is 18.6 Å². The van der Waals surface area contributed by atoms with Gasteiger partial charge in [0.15, 0.2) is 11.6 Å². The highest BCUT2D eigenvalue weighted by atomic mass is 19.1. The summed E-state index contributed by atoms with van der Waals surface area (Å²) in [5.41, 5.74) is 2.08. The molecular formula is C22H20FNO2. The lowest BCUT2D eigenvalue weighted by Crippen LogP contribution is -2.03. The van der Waals surface area contributed by atoms with Crippen molar-refractivity contribution in [3.63, 3.8) is 0 Å². The van der Waals surface area contributed by atoms with Crippen LogP contribution in [0.1, 0.15) is 24.0 Å². The summed E-state index contributed by atoms with van der Waals surface area (Å²) in [6, 6.07) is 17.6. The summed E-state index contributed by atoms with van der Waals surface area (Å²) in [7, 11) is 0. The first-order valence-electron chi connectivity index (χ1n) is 8.62. The average molecular weight is 349 g/mol. The third-order valence-corrected chi connectivity index (χ3v) is 4.03. The van der Waals surface area contributed by atoms with E-state index >= 15 is 0 Å². The molecule has 0 unspecified atom stereocenters. The molecule has 3 rings (SSSR count). The van der Waals surface area contributed by atoms with Gasteiger partial charge in [0, 0.05) is 25.2 Å². The van der Waals surface area contributed by atoms with Gasteiger partial charge >= 0.3 is 0 Å². The van der Waals surface area contributed by atoms with Crippen LogP contribution in [0.3, 0.4) is 0 Å². The minimum Gasteiger partial charge on any atom is -0.454 e. The van der Waals surface area contributed by atoms with E-state index in [1.165, 1.54) is 6.07 Å². The molecule has 1 heterocycles.